The van der Waals surface area contributed by atoms with Crippen LogP contribution in [0.2, 0.25) is 0 Å². The van der Waals surface area contributed by atoms with E-state index in [-0.39, 0.29) is 23.6 Å². The molecule has 2 bridgehead atoms. The fraction of sp³-hybridized carbons (Fsp3) is 0.611. The first kappa shape index (κ1) is 17.4. The topological polar surface area (TPSA) is 89.3 Å². The van der Waals surface area contributed by atoms with Gasteiger partial charge in [-0.2, -0.15) is 0 Å². The van der Waals surface area contributed by atoms with Gasteiger partial charge in [-0.15, -0.1) is 0 Å². The highest BCUT2D eigenvalue weighted by Gasteiger charge is 2.40. The van der Waals surface area contributed by atoms with Crippen LogP contribution in [0.15, 0.2) is 24.3 Å². The van der Waals surface area contributed by atoms with E-state index in [2.05, 4.69) is 5.32 Å². The van der Waals surface area contributed by atoms with Gasteiger partial charge < -0.3 is 11.1 Å². The van der Waals surface area contributed by atoms with Crippen LogP contribution < -0.4 is 11.1 Å². The van der Waals surface area contributed by atoms with E-state index < -0.39 is 9.84 Å². The standard InChI is InChI=1S/C18H26N2O3S/c1-24(22,23)11-12-5-7-16(8-6-12)20-18(21)15-9-13-3-2-4-14(10-15)17(13)19/h5-8,13-15,17H,2-4,9-11,19H2,1H3,(H,20,21). The number of carbonyl (C=O) groups is 1. The fourth-order valence-corrected chi connectivity index (χ4v) is 5.03. The molecule has 2 unspecified atom stereocenters. The lowest BCUT2D eigenvalue weighted by molar-refractivity contribution is -0.122. The van der Waals surface area contributed by atoms with Gasteiger partial charge in [0.05, 0.1) is 5.75 Å². The molecule has 2 saturated carbocycles. The number of hydrogen-bond donors (Lipinski definition) is 2. The number of fused-ring (bicyclic) bond motifs is 2. The molecule has 0 saturated heterocycles. The molecule has 0 heterocycles. The molecule has 24 heavy (non-hydrogen) atoms. The number of rotatable bonds is 4. The lowest BCUT2D eigenvalue weighted by atomic mass is 9.65. The Kier molecular flexibility index (Phi) is 4.97. The highest BCUT2D eigenvalue weighted by atomic mass is 32.2. The number of carbonyl (C=O) groups excluding carboxylic acids is 1. The van der Waals surface area contributed by atoms with Gasteiger partial charge in [0.1, 0.15) is 0 Å². The van der Waals surface area contributed by atoms with E-state index in [1.165, 1.54) is 12.7 Å². The fourth-order valence-electron chi connectivity index (χ4n) is 4.23. The third kappa shape index (κ3) is 4.16. The Bertz CT molecular complexity index is 685. The van der Waals surface area contributed by atoms with Crippen molar-refractivity contribution in [2.75, 3.05) is 11.6 Å². The number of hydrogen-bond acceptors (Lipinski definition) is 4. The lowest BCUT2D eigenvalue weighted by Crippen LogP contribution is -2.48. The molecule has 2 aliphatic rings. The molecule has 2 atom stereocenters. The van der Waals surface area contributed by atoms with E-state index in [4.69, 9.17) is 5.73 Å². The predicted octanol–water partition coefficient (Wildman–Crippen LogP) is 2.32. The van der Waals surface area contributed by atoms with Gasteiger partial charge >= 0.3 is 0 Å². The van der Waals surface area contributed by atoms with Gasteiger partial charge in [0.25, 0.3) is 0 Å². The molecule has 0 spiro atoms. The summed E-state index contributed by atoms with van der Waals surface area (Å²) in [5.74, 6) is 1.08. The number of sulfone groups is 1. The van der Waals surface area contributed by atoms with E-state index >= 15 is 0 Å². The molecule has 132 valence electrons. The second-order valence-electron chi connectivity index (χ2n) is 7.45. The van der Waals surface area contributed by atoms with Crippen molar-refractivity contribution in [2.45, 2.75) is 43.9 Å². The summed E-state index contributed by atoms with van der Waals surface area (Å²) >= 11 is 0. The van der Waals surface area contributed by atoms with Crippen molar-refractivity contribution < 1.29 is 13.2 Å². The average molecular weight is 350 g/mol. The molecular weight excluding hydrogens is 324 g/mol. The Hall–Kier alpha value is -1.40. The van der Waals surface area contributed by atoms with Crippen LogP contribution in [0.3, 0.4) is 0 Å². The summed E-state index contributed by atoms with van der Waals surface area (Å²) in [7, 11) is -3.04. The van der Waals surface area contributed by atoms with Crippen molar-refractivity contribution in [3.63, 3.8) is 0 Å². The molecule has 2 aliphatic carbocycles. The minimum absolute atomic E-state index is 0.0189. The van der Waals surface area contributed by atoms with E-state index in [1.807, 2.05) is 0 Å². The van der Waals surface area contributed by atoms with Gasteiger partial charge in [0.15, 0.2) is 9.84 Å². The van der Waals surface area contributed by atoms with Gasteiger partial charge in [-0.05, 0) is 55.2 Å². The molecule has 2 fully saturated rings. The van der Waals surface area contributed by atoms with Crippen molar-refractivity contribution in [1.29, 1.82) is 0 Å². The van der Waals surface area contributed by atoms with Crippen LogP contribution in [0.4, 0.5) is 5.69 Å². The Labute approximate surface area is 143 Å². The summed E-state index contributed by atoms with van der Waals surface area (Å²) in [6.07, 6.45) is 6.50. The number of amides is 1. The summed E-state index contributed by atoms with van der Waals surface area (Å²) in [5, 5.41) is 2.98. The zero-order valence-corrected chi connectivity index (χ0v) is 14.9. The summed E-state index contributed by atoms with van der Waals surface area (Å²) in [5.41, 5.74) is 7.74. The second-order valence-corrected chi connectivity index (χ2v) is 9.59. The first-order valence-electron chi connectivity index (χ1n) is 8.65. The normalized spacial score (nSPS) is 29.9. The molecule has 3 rings (SSSR count). The summed E-state index contributed by atoms with van der Waals surface area (Å²) in [6.45, 7) is 0. The molecule has 3 N–H and O–H groups in total. The number of anilines is 1. The predicted molar refractivity (Wildman–Crippen MR) is 95.1 cm³/mol. The number of nitrogens with two attached hydrogens (primary N) is 1. The monoisotopic (exact) mass is 350 g/mol. The van der Waals surface area contributed by atoms with Crippen LogP contribution in [0, 0.1) is 17.8 Å². The molecule has 0 aromatic heterocycles. The van der Waals surface area contributed by atoms with E-state index in [1.54, 1.807) is 24.3 Å². The van der Waals surface area contributed by atoms with Gasteiger partial charge in [-0.3, -0.25) is 4.79 Å². The third-order valence-electron chi connectivity index (χ3n) is 5.43. The van der Waals surface area contributed by atoms with Gasteiger partial charge in [-0.1, -0.05) is 18.6 Å². The maximum atomic E-state index is 12.6. The third-order valence-corrected chi connectivity index (χ3v) is 6.29. The number of benzene rings is 1. The Morgan fingerprint density at radius 1 is 1.17 bits per heavy atom. The molecule has 0 aliphatic heterocycles. The molecule has 1 aromatic carbocycles. The second kappa shape index (κ2) is 6.84. The van der Waals surface area contributed by atoms with E-state index in [9.17, 15) is 13.2 Å². The van der Waals surface area contributed by atoms with Crippen LogP contribution in [-0.4, -0.2) is 26.6 Å². The van der Waals surface area contributed by atoms with Gasteiger partial charge in [-0.25, -0.2) is 8.42 Å². The van der Waals surface area contributed by atoms with Crippen molar-refractivity contribution in [3.05, 3.63) is 29.8 Å². The first-order chi connectivity index (χ1) is 11.3. The summed E-state index contributed by atoms with van der Waals surface area (Å²) < 4.78 is 22.6. The van der Waals surface area contributed by atoms with Crippen LogP contribution in [-0.2, 0) is 20.4 Å². The van der Waals surface area contributed by atoms with Crippen molar-refractivity contribution >= 4 is 21.4 Å². The minimum Gasteiger partial charge on any atom is -0.327 e. The lowest BCUT2D eigenvalue weighted by Gasteiger charge is -2.43. The molecule has 5 nitrogen and oxygen atoms in total. The smallest absolute Gasteiger partial charge is 0.227 e. The minimum atomic E-state index is -3.04. The Balaban J connectivity index is 1.61. The van der Waals surface area contributed by atoms with Gasteiger partial charge in [0, 0.05) is 23.9 Å². The maximum absolute atomic E-state index is 12.6. The first-order valence-corrected chi connectivity index (χ1v) is 10.7. The van der Waals surface area contributed by atoms with Gasteiger partial charge in [0.2, 0.25) is 5.91 Å². The molecule has 0 radical (unpaired) electrons. The highest BCUT2D eigenvalue weighted by molar-refractivity contribution is 7.89. The quantitative estimate of drug-likeness (QED) is 0.872. The molecule has 6 heteroatoms. The molecular formula is C18H26N2O3S. The zero-order chi connectivity index (χ0) is 17.3. The van der Waals surface area contributed by atoms with Crippen molar-refractivity contribution in [3.8, 4) is 0 Å². The summed E-state index contributed by atoms with van der Waals surface area (Å²) in [4.78, 5) is 12.6. The van der Waals surface area contributed by atoms with Crippen LogP contribution >= 0.6 is 0 Å². The SMILES string of the molecule is CS(=O)(=O)Cc1ccc(NC(=O)C2CC3CCCC(C2)C3N)cc1. The zero-order valence-electron chi connectivity index (χ0n) is 14.1. The van der Waals surface area contributed by atoms with Crippen LogP contribution in [0.25, 0.3) is 0 Å². The number of nitrogens with one attached hydrogen (secondary N) is 1. The molecule has 1 aromatic rings. The van der Waals surface area contributed by atoms with Crippen LogP contribution in [0.5, 0.6) is 0 Å². The van der Waals surface area contributed by atoms with Crippen molar-refractivity contribution in [1.82, 2.24) is 0 Å². The molecule has 1 amide bonds. The van der Waals surface area contributed by atoms with E-state index in [0.29, 0.717) is 11.8 Å². The Morgan fingerprint density at radius 2 is 1.75 bits per heavy atom. The largest absolute Gasteiger partial charge is 0.327 e. The van der Waals surface area contributed by atoms with E-state index in [0.717, 1.165) is 36.9 Å². The Morgan fingerprint density at radius 3 is 2.29 bits per heavy atom. The van der Waals surface area contributed by atoms with Crippen LogP contribution in [0.1, 0.15) is 37.7 Å². The van der Waals surface area contributed by atoms with Crippen molar-refractivity contribution in [2.24, 2.45) is 23.5 Å². The highest BCUT2D eigenvalue weighted by Crippen LogP contribution is 2.42. The average Bonchev–Trinajstić information content (AvgIpc) is 2.47. The maximum Gasteiger partial charge on any atom is 0.227 e. The summed E-state index contributed by atoms with van der Waals surface area (Å²) in [6, 6.07) is 7.31.